The molecule has 2 aromatic rings. The number of rotatable bonds is 2. The van der Waals surface area contributed by atoms with Crippen LogP contribution in [-0.4, -0.2) is 22.8 Å². The Morgan fingerprint density at radius 1 is 1.38 bits per heavy atom. The lowest BCUT2D eigenvalue weighted by Crippen LogP contribution is -2.37. The molecule has 1 atom stereocenters. The fourth-order valence-electron chi connectivity index (χ4n) is 2.96. The van der Waals surface area contributed by atoms with Crippen LogP contribution in [0.15, 0.2) is 12.1 Å². The van der Waals surface area contributed by atoms with Gasteiger partial charge in [-0.3, -0.25) is 0 Å². The van der Waals surface area contributed by atoms with Crippen molar-refractivity contribution in [3.63, 3.8) is 0 Å². The van der Waals surface area contributed by atoms with Gasteiger partial charge >= 0.3 is 0 Å². The highest BCUT2D eigenvalue weighted by atomic mass is 35.5. The molecule has 0 N–H and O–H groups in total. The minimum absolute atomic E-state index is 0.105. The molecule has 0 amide bonds. The Morgan fingerprint density at radius 3 is 2.67 bits per heavy atom. The highest BCUT2D eigenvalue weighted by Crippen LogP contribution is 2.37. The second-order valence-electron chi connectivity index (χ2n) is 5.79. The number of hydrogen-bond acceptors (Lipinski definition) is 2. The zero-order valence-corrected chi connectivity index (χ0v) is 13.5. The zero-order chi connectivity index (χ0) is 15.2. The van der Waals surface area contributed by atoms with Gasteiger partial charge in [0.05, 0.1) is 21.4 Å². The molecule has 114 valence electrons. The maximum Gasteiger partial charge on any atom is 0.144 e. The van der Waals surface area contributed by atoms with Gasteiger partial charge in [0.15, 0.2) is 0 Å². The first-order chi connectivity index (χ1) is 9.92. The quantitative estimate of drug-likeness (QED) is 0.749. The molecule has 3 nitrogen and oxygen atoms in total. The van der Waals surface area contributed by atoms with Crippen molar-refractivity contribution in [2.24, 2.45) is 0 Å². The summed E-state index contributed by atoms with van der Waals surface area (Å²) < 4.78 is 21.3. The molecule has 0 saturated carbocycles. The van der Waals surface area contributed by atoms with Gasteiger partial charge < -0.3 is 9.30 Å². The van der Waals surface area contributed by atoms with Crippen LogP contribution in [0.25, 0.3) is 11.0 Å². The Hall–Kier alpha value is -0.840. The van der Waals surface area contributed by atoms with Crippen LogP contribution in [0.2, 0.25) is 5.02 Å². The summed E-state index contributed by atoms with van der Waals surface area (Å²) in [5.41, 5.74) is 1.27. The van der Waals surface area contributed by atoms with E-state index in [4.69, 9.17) is 27.9 Å². The van der Waals surface area contributed by atoms with E-state index in [0.717, 1.165) is 24.2 Å². The lowest BCUT2D eigenvalue weighted by atomic mass is 9.91. The predicted molar refractivity (Wildman–Crippen MR) is 82.7 cm³/mol. The highest BCUT2D eigenvalue weighted by molar-refractivity contribution is 6.31. The summed E-state index contributed by atoms with van der Waals surface area (Å²) in [4.78, 5) is 4.53. The Morgan fingerprint density at radius 2 is 2.05 bits per heavy atom. The van der Waals surface area contributed by atoms with Crippen LogP contribution in [0.5, 0.6) is 0 Å². The molecule has 0 bridgehead atoms. The summed E-state index contributed by atoms with van der Waals surface area (Å²) in [6.45, 7) is 5.43. The molecule has 1 aliphatic heterocycles. The number of hydrogen-bond donors (Lipinski definition) is 0. The summed E-state index contributed by atoms with van der Waals surface area (Å²) in [5, 5.41) is -0.160. The van der Waals surface area contributed by atoms with Crippen molar-refractivity contribution in [2.75, 3.05) is 13.2 Å². The summed E-state index contributed by atoms with van der Waals surface area (Å²) in [6.07, 6.45) is 1.73. The van der Waals surface area contributed by atoms with Gasteiger partial charge in [-0.2, -0.15) is 0 Å². The molecule has 1 unspecified atom stereocenters. The Balaban J connectivity index is 2.27. The van der Waals surface area contributed by atoms with Gasteiger partial charge in [-0.15, -0.1) is 11.6 Å². The standard InChI is InChI=1S/C15H17Cl2FN2O/c1-9(16)14-19-12-8-11(18)10(17)7-13(12)20(14)15(2)3-5-21-6-4-15/h7-9H,3-6H2,1-2H3. The minimum Gasteiger partial charge on any atom is -0.381 e. The Labute approximate surface area is 133 Å². The first-order valence-electron chi connectivity index (χ1n) is 7.02. The molecule has 1 fully saturated rings. The Bertz CT molecular complexity index is 678. The molecule has 0 radical (unpaired) electrons. The van der Waals surface area contributed by atoms with Crippen molar-refractivity contribution in [3.05, 3.63) is 28.8 Å². The zero-order valence-electron chi connectivity index (χ0n) is 12.0. The fraction of sp³-hybridized carbons (Fsp3) is 0.533. The largest absolute Gasteiger partial charge is 0.381 e. The molecule has 21 heavy (non-hydrogen) atoms. The van der Waals surface area contributed by atoms with Crippen molar-refractivity contribution in [1.82, 2.24) is 9.55 Å². The van der Waals surface area contributed by atoms with Gasteiger partial charge in [0.25, 0.3) is 0 Å². The van der Waals surface area contributed by atoms with Crippen molar-refractivity contribution < 1.29 is 9.13 Å². The molecule has 1 aromatic heterocycles. The van der Waals surface area contributed by atoms with E-state index in [1.165, 1.54) is 6.07 Å². The number of halogens is 3. The lowest BCUT2D eigenvalue weighted by molar-refractivity contribution is 0.0300. The Kier molecular flexibility index (Phi) is 3.89. The third-order valence-corrected chi connectivity index (χ3v) is 4.67. The molecule has 6 heteroatoms. The molecule has 0 spiro atoms. The lowest BCUT2D eigenvalue weighted by Gasteiger charge is -2.37. The van der Waals surface area contributed by atoms with E-state index in [1.807, 2.05) is 6.92 Å². The summed E-state index contributed by atoms with van der Waals surface area (Å²) in [5.74, 6) is 0.289. The van der Waals surface area contributed by atoms with Gasteiger partial charge in [-0.05, 0) is 32.8 Å². The number of benzene rings is 1. The highest BCUT2D eigenvalue weighted by Gasteiger charge is 2.34. The topological polar surface area (TPSA) is 27.1 Å². The summed E-state index contributed by atoms with van der Waals surface area (Å²) in [7, 11) is 0. The van der Waals surface area contributed by atoms with Crippen LogP contribution >= 0.6 is 23.2 Å². The molecular formula is C15H17Cl2FN2O. The second-order valence-corrected chi connectivity index (χ2v) is 6.85. The van der Waals surface area contributed by atoms with Crippen LogP contribution in [-0.2, 0) is 10.3 Å². The maximum absolute atomic E-state index is 13.7. The molecule has 3 rings (SSSR count). The molecule has 1 aromatic carbocycles. The van der Waals surface area contributed by atoms with Crippen molar-refractivity contribution in [3.8, 4) is 0 Å². The third-order valence-electron chi connectivity index (χ3n) is 4.19. The first kappa shape index (κ1) is 15.1. The molecule has 2 heterocycles. The van der Waals surface area contributed by atoms with Crippen LogP contribution < -0.4 is 0 Å². The summed E-state index contributed by atoms with van der Waals surface area (Å²) in [6, 6.07) is 3.02. The third kappa shape index (κ3) is 2.54. The van der Waals surface area contributed by atoms with Gasteiger partial charge in [-0.25, -0.2) is 9.37 Å². The number of fused-ring (bicyclic) bond motifs is 1. The van der Waals surface area contributed by atoms with Gasteiger partial charge in [0.1, 0.15) is 11.6 Å². The van der Waals surface area contributed by atoms with E-state index in [2.05, 4.69) is 16.5 Å². The molecule has 1 saturated heterocycles. The van der Waals surface area contributed by atoms with E-state index >= 15 is 0 Å². The van der Waals surface area contributed by atoms with Crippen LogP contribution in [0.4, 0.5) is 4.39 Å². The predicted octanol–water partition coefficient (Wildman–Crippen LogP) is 4.65. The van der Waals surface area contributed by atoms with Crippen molar-refractivity contribution in [2.45, 2.75) is 37.6 Å². The number of ether oxygens (including phenoxy) is 1. The number of aromatic nitrogens is 2. The minimum atomic E-state index is -0.459. The van der Waals surface area contributed by atoms with Crippen LogP contribution in [0, 0.1) is 5.82 Å². The number of imidazole rings is 1. The number of nitrogens with zero attached hydrogens (tertiary/aromatic N) is 2. The average molecular weight is 331 g/mol. The van der Waals surface area contributed by atoms with E-state index < -0.39 is 5.82 Å². The normalized spacial score (nSPS) is 19.9. The maximum atomic E-state index is 13.7. The summed E-state index contributed by atoms with van der Waals surface area (Å²) >= 11 is 12.3. The van der Waals surface area contributed by atoms with Gasteiger partial charge in [0, 0.05) is 24.8 Å². The first-order valence-corrected chi connectivity index (χ1v) is 7.83. The van der Waals surface area contributed by atoms with E-state index in [9.17, 15) is 4.39 Å². The van der Waals surface area contributed by atoms with E-state index in [-0.39, 0.29) is 15.9 Å². The molecule has 0 aliphatic carbocycles. The molecule has 1 aliphatic rings. The average Bonchev–Trinajstić information content (AvgIpc) is 2.79. The van der Waals surface area contributed by atoms with Gasteiger partial charge in [0.2, 0.25) is 0 Å². The monoisotopic (exact) mass is 330 g/mol. The second kappa shape index (κ2) is 5.41. The fourth-order valence-corrected chi connectivity index (χ4v) is 3.26. The SMILES string of the molecule is CC(Cl)c1nc2cc(F)c(Cl)cc2n1C1(C)CCOCC1. The number of alkyl halides is 1. The van der Waals surface area contributed by atoms with E-state index in [0.29, 0.717) is 18.7 Å². The molecular weight excluding hydrogens is 314 g/mol. The van der Waals surface area contributed by atoms with Crippen molar-refractivity contribution >= 4 is 34.2 Å². The van der Waals surface area contributed by atoms with Gasteiger partial charge in [-0.1, -0.05) is 11.6 Å². The van der Waals surface area contributed by atoms with Crippen molar-refractivity contribution in [1.29, 1.82) is 0 Å². The van der Waals surface area contributed by atoms with Crippen LogP contribution in [0.3, 0.4) is 0 Å². The smallest absolute Gasteiger partial charge is 0.144 e. The van der Waals surface area contributed by atoms with E-state index in [1.54, 1.807) is 6.07 Å². The van der Waals surface area contributed by atoms with Crippen LogP contribution in [0.1, 0.15) is 37.9 Å².